The van der Waals surface area contributed by atoms with E-state index in [9.17, 15) is 22.4 Å². The lowest BCUT2D eigenvalue weighted by molar-refractivity contribution is -0.192. The van der Waals surface area contributed by atoms with Crippen molar-refractivity contribution in [1.82, 2.24) is 14.9 Å². The lowest BCUT2D eigenvalue weighted by Crippen LogP contribution is -2.49. The Labute approximate surface area is 214 Å². The molecule has 0 atom stereocenters. The highest BCUT2D eigenvalue weighted by molar-refractivity contribution is 5.95. The molecule has 1 aliphatic carbocycles. The standard InChI is InChI=1S/C23H21FN6O.C2HF3O2/c24-18-13-15(14-25)5-8-17(18)23(31)30-11-9-29(10-12-30)22-21(26-16-6-7-16)27-19-3-1-2-4-20(19)28-22;3-2(4,5)1(6)7/h1-5,8,13,16H,6-7,9-12H2,(H,26,27);(H,6,7). The molecule has 1 aliphatic heterocycles. The predicted octanol–water partition coefficient (Wildman–Crippen LogP) is 3.81. The van der Waals surface area contributed by atoms with E-state index in [1.807, 2.05) is 30.3 Å². The van der Waals surface area contributed by atoms with E-state index in [0.717, 1.165) is 41.6 Å². The van der Waals surface area contributed by atoms with Crippen molar-refractivity contribution in [2.45, 2.75) is 25.1 Å². The number of aliphatic carboxylic acids is 1. The molecule has 9 nitrogen and oxygen atoms in total. The summed E-state index contributed by atoms with van der Waals surface area (Å²) in [5.41, 5.74) is 1.87. The van der Waals surface area contributed by atoms with Crippen LogP contribution in [-0.2, 0) is 4.79 Å². The number of rotatable bonds is 4. The van der Waals surface area contributed by atoms with Crippen LogP contribution in [0.2, 0.25) is 0 Å². The zero-order chi connectivity index (χ0) is 27.4. The summed E-state index contributed by atoms with van der Waals surface area (Å²) >= 11 is 0. The molecular formula is C25H22F4N6O3. The summed E-state index contributed by atoms with van der Waals surface area (Å²) < 4.78 is 46.0. The predicted molar refractivity (Wildman–Crippen MR) is 129 cm³/mol. The number of nitrogens with zero attached hydrogens (tertiary/aromatic N) is 5. The van der Waals surface area contributed by atoms with Crippen LogP contribution in [0.5, 0.6) is 0 Å². The van der Waals surface area contributed by atoms with Crippen LogP contribution in [0, 0.1) is 17.1 Å². The van der Waals surface area contributed by atoms with Gasteiger partial charge in [-0.1, -0.05) is 12.1 Å². The number of nitrogens with one attached hydrogen (secondary N) is 1. The van der Waals surface area contributed by atoms with Gasteiger partial charge in [0.2, 0.25) is 0 Å². The summed E-state index contributed by atoms with van der Waals surface area (Å²) in [4.78, 5) is 35.1. The molecule has 2 fully saturated rings. The van der Waals surface area contributed by atoms with Crippen LogP contribution < -0.4 is 10.2 Å². The number of hydrogen-bond acceptors (Lipinski definition) is 7. The van der Waals surface area contributed by atoms with Crippen molar-refractivity contribution in [3.63, 3.8) is 0 Å². The van der Waals surface area contributed by atoms with Crippen molar-refractivity contribution in [2.75, 3.05) is 36.4 Å². The highest BCUT2D eigenvalue weighted by Gasteiger charge is 2.38. The maximum Gasteiger partial charge on any atom is 0.490 e. The summed E-state index contributed by atoms with van der Waals surface area (Å²) in [7, 11) is 0. The number of aromatic nitrogens is 2. The number of fused-ring (bicyclic) bond motifs is 1. The Morgan fingerprint density at radius 3 is 2.16 bits per heavy atom. The second kappa shape index (κ2) is 10.9. The first-order valence-corrected chi connectivity index (χ1v) is 11.6. The summed E-state index contributed by atoms with van der Waals surface area (Å²) in [6.07, 6.45) is -2.82. The lowest BCUT2D eigenvalue weighted by atomic mass is 10.1. The summed E-state index contributed by atoms with van der Waals surface area (Å²) in [5.74, 6) is -2.21. The number of halogens is 4. The minimum atomic E-state index is -5.08. The Bertz CT molecular complexity index is 1400. The topological polar surface area (TPSA) is 122 Å². The first-order chi connectivity index (χ1) is 18.1. The summed E-state index contributed by atoms with van der Waals surface area (Å²) in [5, 5.41) is 19.5. The Kier molecular flexibility index (Phi) is 7.61. The Morgan fingerprint density at radius 2 is 1.63 bits per heavy atom. The van der Waals surface area contributed by atoms with Crippen molar-refractivity contribution >= 4 is 34.5 Å². The number of alkyl halides is 3. The first kappa shape index (κ1) is 26.6. The molecule has 198 valence electrons. The van der Waals surface area contributed by atoms with Gasteiger partial charge in [-0.25, -0.2) is 19.2 Å². The third-order valence-corrected chi connectivity index (χ3v) is 5.91. The van der Waals surface area contributed by atoms with Crippen LogP contribution in [0.1, 0.15) is 28.8 Å². The molecule has 0 spiro atoms. The van der Waals surface area contributed by atoms with E-state index >= 15 is 0 Å². The van der Waals surface area contributed by atoms with Crippen LogP contribution in [0.15, 0.2) is 42.5 Å². The Hall–Kier alpha value is -4.47. The molecule has 1 saturated carbocycles. The fraction of sp³-hybridized carbons (Fsp3) is 0.320. The van der Waals surface area contributed by atoms with Gasteiger partial charge in [0, 0.05) is 32.2 Å². The van der Waals surface area contributed by atoms with Crippen LogP contribution in [0.25, 0.3) is 11.0 Å². The maximum atomic E-state index is 14.3. The normalized spacial score (nSPS) is 15.3. The fourth-order valence-corrected chi connectivity index (χ4v) is 3.78. The zero-order valence-electron chi connectivity index (χ0n) is 19.9. The third kappa shape index (κ3) is 6.26. The number of carboxylic acids is 1. The molecule has 5 rings (SSSR count). The molecule has 2 heterocycles. The SMILES string of the molecule is N#Cc1ccc(C(=O)N2CCN(c3nc4ccccc4nc3NC3CC3)CC2)c(F)c1.O=C(O)C(F)(F)F. The van der Waals surface area contributed by atoms with Gasteiger partial charge in [0.1, 0.15) is 5.82 Å². The average Bonchev–Trinajstić information content (AvgIpc) is 3.72. The van der Waals surface area contributed by atoms with Gasteiger partial charge in [0.25, 0.3) is 5.91 Å². The van der Waals surface area contributed by atoms with E-state index in [1.54, 1.807) is 4.90 Å². The Morgan fingerprint density at radius 1 is 1.03 bits per heavy atom. The van der Waals surface area contributed by atoms with Gasteiger partial charge in [0.05, 0.1) is 28.2 Å². The molecule has 0 unspecified atom stereocenters. The number of hydrogen-bond donors (Lipinski definition) is 2. The number of anilines is 2. The van der Waals surface area contributed by atoms with Crippen molar-refractivity contribution < 1.29 is 32.3 Å². The lowest BCUT2D eigenvalue weighted by Gasteiger charge is -2.36. The van der Waals surface area contributed by atoms with E-state index < -0.39 is 18.0 Å². The zero-order valence-corrected chi connectivity index (χ0v) is 19.9. The number of amides is 1. The monoisotopic (exact) mass is 530 g/mol. The largest absolute Gasteiger partial charge is 0.490 e. The number of carbonyl (C=O) groups is 2. The molecular weight excluding hydrogens is 508 g/mol. The summed E-state index contributed by atoms with van der Waals surface area (Å²) in [6, 6.07) is 14.1. The van der Waals surface area contributed by atoms with Gasteiger partial charge in [0.15, 0.2) is 11.6 Å². The van der Waals surface area contributed by atoms with E-state index in [-0.39, 0.29) is 17.0 Å². The minimum Gasteiger partial charge on any atom is -0.475 e. The van der Waals surface area contributed by atoms with E-state index in [4.69, 9.17) is 25.1 Å². The van der Waals surface area contributed by atoms with Crippen LogP contribution in [0.3, 0.4) is 0 Å². The highest BCUT2D eigenvalue weighted by atomic mass is 19.4. The van der Waals surface area contributed by atoms with Gasteiger partial charge in [-0.3, -0.25) is 4.79 Å². The van der Waals surface area contributed by atoms with Gasteiger partial charge in [-0.05, 0) is 43.2 Å². The molecule has 38 heavy (non-hydrogen) atoms. The van der Waals surface area contributed by atoms with Crippen LogP contribution in [-0.4, -0.2) is 70.2 Å². The maximum absolute atomic E-state index is 14.3. The number of para-hydroxylation sites is 2. The number of carboxylic acid groups (broad SMARTS) is 1. The smallest absolute Gasteiger partial charge is 0.475 e. The van der Waals surface area contributed by atoms with Crippen molar-refractivity contribution in [2.24, 2.45) is 0 Å². The van der Waals surface area contributed by atoms with Gasteiger partial charge in [-0.15, -0.1) is 0 Å². The Balaban J connectivity index is 0.000000426. The van der Waals surface area contributed by atoms with Gasteiger partial charge in [-0.2, -0.15) is 18.4 Å². The molecule has 2 aliphatic rings. The number of carbonyl (C=O) groups excluding carboxylic acids is 1. The summed E-state index contributed by atoms with van der Waals surface area (Å²) in [6.45, 7) is 2.07. The van der Waals surface area contributed by atoms with E-state index in [1.165, 1.54) is 12.1 Å². The fourth-order valence-electron chi connectivity index (χ4n) is 3.78. The number of piperazine rings is 1. The van der Waals surface area contributed by atoms with E-state index in [0.29, 0.717) is 32.2 Å². The number of benzene rings is 2. The molecule has 13 heteroatoms. The molecule has 2 N–H and O–H groups in total. The second-order valence-electron chi connectivity index (χ2n) is 8.69. The first-order valence-electron chi connectivity index (χ1n) is 11.6. The van der Waals surface area contributed by atoms with Crippen LogP contribution >= 0.6 is 0 Å². The number of nitriles is 1. The van der Waals surface area contributed by atoms with Crippen molar-refractivity contribution in [3.8, 4) is 6.07 Å². The molecule has 3 aromatic rings. The highest BCUT2D eigenvalue weighted by Crippen LogP contribution is 2.31. The van der Waals surface area contributed by atoms with Gasteiger partial charge < -0.3 is 20.2 Å². The average molecular weight is 530 g/mol. The molecule has 1 aromatic heterocycles. The molecule has 1 amide bonds. The van der Waals surface area contributed by atoms with Crippen molar-refractivity contribution in [3.05, 3.63) is 59.4 Å². The molecule has 1 saturated heterocycles. The molecule has 2 aromatic carbocycles. The quantitative estimate of drug-likeness (QED) is 0.489. The third-order valence-electron chi connectivity index (χ3n) is 5.91. The van der Waals surface area contributed by atoms with Gasteiger partial charge >= 0.3 is 12.1 Å². The molecule has 0 bridgehead atoms. The molecule has 0 radical (unpaired) electrons. The van der Waals surface area contributed by atoms with Crippen molar-refractivity contribution in [1.29, 1.82) is 5.26 Å². The second-order valence-corrected chi connectivity index (χ2v) is 8.69. The van der Waals surface area contributed by atoms with E-state index in [2.05, 4.69) is 10.2 Å². The van der Waals surface area contributed by atoms with Crippen LogP contribution in [0.4, 0.5) is 29.2 Å². The minimum absolute atomic E-state index is 0.00552.